The number of nitrogens with zero attached hydrogens (tertiary/aromatic N) is 1. The quantitative estimate of drug-likeness (QED) is 0.691. The third kappa shape index (κ3) is 6.36. The largest absolute Gasteiger partial charge is 0.493 e. The zero-order chi connectivity index (χ0) is 19.6. The van der Waals surface area contributed by atoms with Crippen LogP contribution < -0.4 is 14.8 Å². The third-order valence-electron chi connectivity index (χ3n) is 4.21. The van der Waals surface area contributed by atoms with Crippen molar-refractivity contribution in [2.75, 3.05) is 27.3 Å². The Morgan fingerprint density at radius 2 is 1.89 bits per heavy atom. The second-order valence-corrected chi connectivity index (χ2v) is 6.05. The van der Waals surface area contributed by atoms with Crippen LogP contribution in [0.5, 0.6) is 11.5 Å². The van der Waals surface area contributed by atoms with Gasteiger partial charge in [-0.1, -0.05) is 6.07 Å². The fourth-order valence-corrected chi connectivity index (χ4v) is 2.65. The summed E-state index contributed by atoms with van der Waals surface area (Å²) in [5.74, 6) is 1.83. The summed E-state index contributed by atoms with van der Waals surface area (Å²) >= 11 is 0. The molecule has 0 fully saturated rings. The molecule has 0 aliphatic rings. The molecular weight excluding hydrogens is 348 g/mol. The van der Waals surface area contributed by atoms with Crippen LogP contribution in [0.15, 0.2) is 41.0 Å². The van der Waals surface area contributed by atoms with Gasteiger partial charge in [-0.3, -0.25) is 9.59 Å². The van der Waals surface area contributed by atoms with Crippen LogP contribution in [0.2, 0.25) is 0 Å². The van der Waals surface area contributed by atoms with Crippen molar-refractivity contribution in [2.24, 2.45) is 0 Å². The normalized spacial score (nSPS) is 10.3. The van der Waals surface area contributed by atoms with E-state index in [1.165, 1.54) is 6.92 Å². The molecule has 0 unspecified atom stereocenters. The molecule has 1 aromatic heterocycles. The Labute approximate surface area is 159 Å². The number of furan rings is 1. The lowest BCUT2D eigenvalue weighted by atomic mass is 10.1. The van der Waals surface area contributed by atoms with E-state index in [2.05, 4.69) is 5.32 Å². The van der Waals surface area contributed by atoms with Crippen LogP contribution in [0.3, 0.4) is 0 Å². The highest BCUT2D eigenvalue weighted by Crippen LogP contribution is 2.27. The highest BCUT2D eigenvalue weighted by molar-refractivity contribution is 5.78. The Bertz CT molecular complexity index is 743. The number of nitrogens with one attached hydrogen (secondary N) is 1. The van der Waals surface area contributed by atoms with Gasteiger partial charge in [0.2, 0.25) is 11.8 Å². The summed E-state index contributed by atoms with van der Waals surface area (Å²) in [7, 11) is 3.18. The Kier molecular flexibility index (Phi) is 7.73. The van der Waals surface area contributed by atoms with Crippen molar-refractivity contribution >= 4 is 11.8 Å². The van der Waals surface area contributed by atoms with Gasteiger partial charge >= 0.3 is 0 Å². The second kappa shape index (κ2) is 10.3. The number of ether oxygens (including phenoxy) is 2. The molecule has 1 heterocycles. The lowest BCUT2D eigenvalue weighted by Gasteiger charge is -2.21. The van der Waals surface area contributed by atoms with Crippen LogP contribution in [0.4, 0.5) is 0 Å². The fourth-order valence-electron chi connectivity index (χ4n) is 2.65. The summed E-state index contributed by atoms with van der Waals surface area (Å²) in [6, 6.07) is 9.25. The zero-order valence-electron chi connectivity index (χ0n) is 16.0. The molecule has 0 aliphatic carbocycles. The molecule has 2 amide bonds. The van der Waals surface area contributed by atoms with Crippen molar-refractivity contribution < 1.29 is 23.5 Å². The number of amides is 2. The van der Waals surface area contributed by atoms with Crippen LogP contribution >= 0.6 is 0 Å². The molecule has 7 heteroatoms. The number of hydrogen-bond donors (Lipinski definition) is 1. The molecule has 27 heavy (non-hydrogen) atoms. The molecule has 2 aromatic rings. The zero-order valence-corrected chi connectivity index (χ0v) is 16.0. The summed E-state index contributed by atoms with van der Waals surface area (Å²) in [6.45, 7) is 2.75. The van der Waals surface area contributed by atoms with E-state index in [0.717, 1.165) is 5.56 Å². The van der Waals surface area contributed by atoms with E-state index < -0.39 is 0 Å². The van der Waals surface area contributed by atoms with Gasteiger partial charge in [0.1, 0.15) is 5.76 Å². The van der Waals surface area contributed by atoms with Gasteiger partial charge in [-0.2, -0.15) is 0 Å². The van der Waals surface area contributed by atoms with Gasteiger partial charge < -0.3 is 24.1 Å². The van der Waals surface area contributed by atoms with E-state index in [-0.39, 0.29) is 18.2 Å². The van der Waals surface area contributed by atoms with Gasteiger partial charge in [0.05, 0.1) is 27.0 Å². The number of benzene rings is 1. The summed E-state index contributed by atoms with van der Waals surface area (Å²) in [5.41, 5.74) is 1.03. The first kappa shape index (κ1) is 20.4. The number of methoxy groups -OCH3 is 2. The van der Waals surface area contributed by atoms with Crippen LogP contribution in [0, 0.1) is 0 Å². The van der Waals surface area contributed by atoms with E-state index in [1.54, 1.807) is 37.5 Å². The maximum atomic E-state index is 12.0. The van der Waals surface area contributed by atoms with E-state index in [9.17, 15) is 9.59 Å². The van der Waals surface area contributed by atoms with Gasteiger partial charge in [0.25, 0.3) is 0 Å². The SMILES string of the molecule is COc1ccc(CCN(CCC(=O)NCc2ccco2)C(C)=O)cc1OC. The first-order chi connectivity index (χ1) is 13.0. The third-order valence-corrected chi connectivity index (χ3v) is 4.21. The summed E-state index contributed by atoms with van der Waals surface area (Å²) in [4.78, 5) is 25.5. The number of hydrogen-bond acceptors (Lipinski definition) is 5. The maximum absolute atomic E-state index is 12.0. The molecule has 2 rings (SSSR count). The average Bonchev–Trinajstić information content (AvgIpc) is 3.19. The monoisotopic (exact) mass is 374 g/mol. The highest BCUT2D eigenvalue weighted by Gasteiger charge is 2.12. The van der Waals surface area contributed by atoms with Crippen molar-refractivity contribution in [1.82, 2.24) is 10.2 Å². The summed E-state index contributed by atoms with van der Waals surface area (Å²) < 4.78 is 15.7. The Hall–Kier alpha value is -2.96. The molecule has 0 saturated carbocycles. The summed E-state index contributed by atoms with van der Waals surface area (Å²) in [5, 5.41) is 2.78. The number of carbonyl (C=O) groups excluding carboxylic acids is 2. The Morgan fingerprint density at radius 1 is 1.11 bits per heavy atom. The molecule has 0 saturated heterocycles. The van der Waals surface area contributed by atoms with Gasteiger partial charge in [-0.05, 0) is 36.2 Å². The minimum atomic E-state index is -0.122. The fraction of sp³-hybridized carbons (Fsp3) is 0.400. The first-order valence-electron chi connectivity index (χ1n) is 8.79. The van der Waals surface area contributed by atoms with Gasteiger partial charge in [0.15, 0.2) is 11.5 Å². The highest BCUT2D eigenvalue weighted by atomic mass is 16.5. The Morgan fingerprint density at radius 3 is 2.52 bits per heavy atom. The van der Waals surface area contributed by atoms with E-state index in [4.69, 9.17) is 13.9 Å². The minimum Gasteiger partial charge on any atom is -0.493 e. The van der Waals surface area contributed by atoms with Crippen LogP contribution in [0.25, 0.3) is 0 Å². The van der Waals surface area contributed by atoms with E-state index in [0.29, 0.717) is 43.3 Å². The van der Waals surface area contributed by atoms with Crippen LogP contribution in [-0.4, -0.2) is 44.0 Å². The molecule has 0 spiro atoms. The van der Waals surface area contributed by atoms with Crippen molar-refractivity contribution in [3.05, 3.63) is 47.9 Å². The van der Waals surface area contributed by atoms with Crippen molar-refractivity contribution in [1.29, 1.82) is 0 Å². The van der Waals surface area contributed by atoms with E-state index >= 15 is 0 Å². The van der Waals surface area contributed by atoms with Crippen LogP contribution in [0.1, 0.15) is 24.7 Å². The predicted octanol–water partition coefficient (Wildman–Crippen LogP) is 2.39. The van der Waals surface area contributed by atoms with Gasteiger partial charge in [-0.25, -0.2) is 0 Å². The Balaban J connectivity index is 1.82. The number of rotatable bonds is 10. The van der Waals surface area contributed by atoms with Crippen molar-refractivity contribution in [3.63, 3.8) is 0 Å². The maximum Gasteiger partial charge on any atom is 0.222 e. The van der Waals surface area contributed by atoms with Gasteiger partial charge in [-0.15, -0.1) is 0 Å². The minimum absolute atomic E-state index is 0.0608. The standard InChI is InChI=1S/C20H26N2O5/c1-15(23)22(11-9-20(24)21-14-17-5-4-12-27-17)10-8-16-6-7-18(25-2)19(13-16)26-3/h4-7,12-13H,8-11,14H2,1-3H3,(H,21,24). The summed E-state index contributed by atoms with van der Waals surface area (Å²) in [6.07, 6.45) is 2.47. The van der Waals surface area contributed by atoms with E-state index in [1.807, 2.05) is 18.2 Å². The molecule has 7 nitrogen and oxygen atoms in total. The van der Waals surface area contributed by atoms with Crippen LogP contribution in [-0.2, 0) is 22.6 Å². The molecule has 0 radical (unpaired) electrons. The molecule has 0 atom stereocenters. The smallest absolute Gasteiger partial charge is 0.222 e. The second-order valence-electron chi connectivity index (χ2n) is 6.05. The molecular formula is C20H26N2O5. The van der Waals surface area contributed by atoms with Crippen molar-refractivity contribution in [3.8, 4) is 11.5 Å². The molecule has 1 N–H and O–H groups in total. The van der Waals surface area contributed by atoms with Gasteiger partial charge in [0, 0.05) is 26.4 Å². The number of carbonyl (C=O) groups is 2. The van der Waals surface area contributed by atoms with Crippen molar-refractivity contribution in [2.45, 2.75) is 26.3 Å². The topological polar surface area (TPSA) is 81.0 Å². The lowest BCUT2D eigenvalue weighted by Crippen LogP contribution is -2.35. The molecule has 0 bridgehead atoms. The predicted molar refractivity (Wildman–Crippen MR) is 101 cm³/mol. The lowest BCUT2D eigenvalue weighted by molar-refractivity contribution is -0.129. The first-order valence-corrected chi connectivity index (χ1v) is 8.79. The molecule has 0 aliphatic heterocycles. The molecule has 1 aromatic carbocycles. The average molecular weight is 374 g/mol. The molecule has 146 valence electrons.